The summed E-state index contributed by atoms with van der Waals surface area (Å²) in [5.74, 6) is -2.58. The van der Waals surface area contributed by atoms with E-state index in [0.717, 1.165) is 12.1 Å². The fraction of sp³-hybridized carbons (Fsp3) is 0.300. The van der Waals surface area contributed by atoms with Crippen molar-refractivity contribution in [1.82, 2.24) is 5.32 Å². The molecule has 20 heavy (non-hydrogen) atoms. The van der Waals surface area contributed by atoms with E-state index in [-0.39, 0.29) is 4.47 Å². The molecule has 0 aliphatic heterocycles. The summed E-state index contributed by atoms with van der Waals surface area (Å²) in [6.07, 6.45) is 0. The topological polar surface area (TPSA) is 49.3 Å². The Hall–Kier alpha value is -0.775. The second-order valence-corrected chi connectivity index (χ2v) is 5.70. The van der Waals surface area contributed by atoms with Crippen LogP contribution in [0.5, 0.6) is 5.75 Å². The van der Waals surface area contributed by atoms with Crippen LogP contribution in [0, 0.1) is 5.82 Å². The number of carbonyl (C=O) groups is 1. The molecule has 0 unspecified atom stereocenters. The molecule has 0 heterocycles. The van der Waals surface area contributed by atoms with Crippen LogP contribution in [0.4, 0.5) is 4.39 Å². The third-order valence-electron chi connectivity index (χ3n) is 3.50. The summed E-state index contributed by atoms with van der Waals surface area (Å²) in [5, 5.41) is 8.24. The fourth-order valence-electron chi connectivity index (χ4n) is 1.92. The maximum atomic E-state index is 13.7. The summed E-state index contributed by atoms with van der Waals surface area (Å²) >= 11 is 2.97. The van der Waals surface area contributed by atoms with Gasteiger partial charge in [-0.15, -0.1) is 0 Å². The van der Waals surface area contributed by atoms with Crippen LogP contribution < -0.4 is 5.32 Å². The van der Waals surface area contributed by atoms with Gasteiger partial charge in [-0.05, 0) is 17.6 Å². The molecule has 0 saturated heterocycles. The number of benzene rings is 1. The number of aromatic hydroxyl groups is 1. The number of amides is 1. The van der Waals surface area contributed by atoms with E-state index in [2.05, 4.69) is 21.2 Å². The molecule has 10 radical (unpaired) electrons. The Kier molecular flexibility index (Phi) is 3.40. The zero-order valence-electron chi connectivity index (χ0n) is 10.2. The molecule has 1 aliphatic rings. The van der Waals surface area contributed by atoms with Crippen molar-refractivity contribution in [2.45, 2.75) is 15.9 Å². The first-order valence-electron chi connectivity index (χ1n) is 5.40. The quantitative estimate of drug-likeness (QED) is 0.741. The van der Waals surface area contributed by atoms with E-state index in [1.54, 1.807) is 0 Å². The molecule has 1 saturated carbocycles. The minimum atomic E-state index is -1.83. The van der Waals surface area contributed by atoms with Gasteiger partial charge in [0.2, 0.25) is 0 Å². The number of phenolic OH excluding ortho intramolecular Hbond substituents is 1. The molecule has 1 amide bonds. The van der Waals surface area contributed by atoms with Crippen molar-refractivity contribution in [1.29, 1.82) is 0 Å². The Labute approximate surface area is 130 Å². The summed E-state index contributed by atoms with van der Waals surface area (Å²) in [6, 6.07) is 2.14. The van der Waals surface area contributed by atoms with Crippen LogP contribution in [0.2, 0.25) is 10.4 Å². The molecular formula is C10H4B5BrFNO2. The molecule has 0 bridgehead atoms. The molecule has 10 heteroatoms. The largest absolute Gasteiger partial charge is 0.507 e. The predicted molar refractivity (Wildman–Crippen MR) is 80.1 cm³/mol. The molecule has 1 fully saturated rings. The average molecular weight is 323 g/mol. The van der Waals surface area contributed by atoms with E-state index in [9.17, 15) is 14.3 Å². The first-order chi connectivity index (χ1) is 8.95. The molecule has 0 atom stereocenters. The minimum Gasteiger partial charge on any atom is -0.507 e. The van der Waals surface area contributed by atoms with Gasteiger partial charge in [-0.25, -0.2) is 4.39 Å². The maximum Gasteiger partial charge on any atom is 0.257 e. The van der Waals surface area contributed by atoms with Crippen molar-refractivity contribution in [3.8, 4) is 5.75 Å². The standard InChI is InChI=1S/C10H4B5BrFNO2/c11-8(12)9(13,14)10(8,15)18-7(20)6-4(17)1-3(16)2-5(6)19/h1-2,19H,(H,18,20). The van der Waals surface area contributed by atoms with E-state index < -0.39 is 38.9 Å². The van der Waals surface area contributed by atoms with Crippen LogP contribution in [-0.4, -0.2) is 55.7 Å². The summed E-state index contributed by atoms with van der Waals surface area (Å²) in [6.45, 7) is 0. The van der Waals surface area contributed by atoms with Crippen molar-refractivity contribution < 1.29 is 14.3 Å². The Morgan fingerprint density at radius 2 is 1.70 bits per heavy atom. The van der Waals surface area contributed by atoms with Crippen molar-refractivity contribution in [2.24, 2.45) is 0 Å². The van der Waals surface area contributed by atoms with E-state index in [4.69, 9.17) is 39.2 Å². The predicted octanol–water partition coefficient (Wildman–Crippen LogP) is -0.192. The van der Waals surface area contributed by atoms with Crippen LogP contribution in [0.15, 0.2) is 16.6 Å². The lowest BCUT2D eigenvalue weighted by Gasteiger charge is -2.21. The van der Waals surface area contributed by atoms with E-state index in [1.165, 1.54) is 0 Å². The number of nitrogens with one attached hydrogen (secondary N) is 1. The minimum absolute atomic E-state index is 0.261. The first kappa shape index (κ1) is 15.6. The molecule has 2 rings (SSSR count). The number of carbonyl (C=O) groups excluding carboxylic acids is 1. The van der Waals surface area contributed by atoms with Crippen LogP contribution in [0.1, 0.15) is 10.4 Å². The van der Waals surface area contributed by atoms with Crippen molar-refractivity contribution in [2.75, 3.05) is 0 Å². The lowest BCUT2D eigenvalue weighted by molar-refractivity contribution is 0.0937. The van der Waals surface area contributed by atoms with Gasteiger partial charge in [0, 0.05) is 4.47 Å². The summed E-state index contributed by atoms with van der Waals surface area (Å²) in [7, 11) is 28.0. The first-order valence-corrected chi connectivity index (χ1v) is 6.20. The molecule has 90 valence electrons. The molecule has 0 spiro atoms. The third kappa shape index (κ3) is 1.87. The maximum absolute atomic E-state index is 13.7. The molecule has 2 N–H and O–H groups in total. The van der Waals surface area contributed by atoms with Crippen molar-refractivity contribution in [3.05, 3.63) is 28.0 Å². The van der Waals surface area contributed by atoms with Gasteiger partial charge in [0.15, 0.2) is 0 Å². The number of halogens is 2. The van der Waals surface area contributed by atoms with Gasteiger partial charge in [0.25, 0.3) is 5.91 Å². The highest BCUT2D eigenvalue weighted by Crippen LogP contribution is 2.74. The fourth-order valence-corrected chi connectivity index (χ4v) is 2.34. The van der Waals surface area contributed by atoms with Gasteiger partial charge < -0.3 is 10.4 Å². The number of hydrogen-bond donors (Lipinski definition) is 2. The van der Waals surface area contributed by atoms with Gasteiger partial charge in [0.05, 0.1) is 31.4 Å². The molecule has 0 aromatic heterocycles. The monoisotopic (exact) mass is 323 g/mol. The molecule has 1 aromatic rings. The molecular weight excluding hydrogens is 319 g/mol. The van der Waals surface area contributed by atoms with Gasteiger partial charge >= 0.3 is 0 Å². The second-order valence-electron chi connectivity index (χ2n) is 4.78. The van der Waals surface area contributed by atoms with Gasteiger partial charge in [0.1, 0.15) is 25.0 Å². The van der Waals surface area contributed by atoms with E-state index in [0.29, 0.717) is 0 Å². The van der Waals surface area contributed by atoms with Crippen molar-refractivity contribution >= 4 is 61.1 Å². The third-order valence-corrected chi connectivity index (χ3v) is 3.96. The zero-order chi connectivity index (χ0) is 15.5. The highest BCUT2D eigenvalue weighted by atomic mass is 79.9. The Morgan fingerprint density at radius 1 is 1.20 bits per heavy atom. The lowest BCUT2D eigenvalue weighted by atomic mass is 9.49. The number of hydrogen-bond acceptors (Lipinski definition) is 2. The number of rotatable bonds is 2. The van der Waals surface area contributed by atoms with E-state index >= 15 is 0 Å². The molecule has 1 aliphatic carbocycles. The van der Waals surface area contributed by atoms with Crippen LogP contribution in [0.25, 0.3) is 0 Å². The van der Waals surface area contributed by atoms with Crippen LogP contribution in [-0.2, 0) is 0 Å². The Morgan fingerprint density at radius 3 is 2.10 bits per heavy atom. The average Bonchev–Trinajstić information content (AvgIpc) is 2.54. The smallest absolute Gasteiger partial charge is 0.257 e. The highest BCUT2D eigenvalue weighted by molar-refractivity contribution is 9.10. The molecule has 3 nitrogen and oxygen atoms in total. The summed E-state index contributed by atoms with van der Waals surface area (Å²) in [4.78, 5) is 12.0. The van der Waals surface area contributed by atoms with Crippen LogP contribution >= 0.6 is 15.9 Å². The van der Waals surface area contributed by atoms with Crippen LogP contribution in [0.3, 0.4) is 0 Å². The Balaban J connectivity index is 2.32. The zero-order valence-corrected chi connectivity index (χ0v) is 11.7. The summed E-state index contributed by atoms with van der Waals surface area (Å²) < 4.78 is 14.0. The highest BCUT2D eigenvalue weighted by Gasteiger charge is 2.70. The van der Waals surface area contributed by atoms with Gasteiger partial charge in [-0.1, -0.05) is 26.4 Å². The lowest BCUT2D eigenvalue weighted by Crippen LogP contribution is -2.43. The molecule has 1 aromatic carbocycles. The van der Waals surface area contributed by atoms with Crippen molar-refractivity contribution in [3.63, 3.8) is 0 Å². The van der Waals surface area contributed by atoms with E-state index in [1.807, 2.05) is 0 Å². The second kappa shape index (κ2) is 4.36. The SMILES string of the molecule is [B]C1([B])C([B])([B])C1([B])NC(=O)c1c(O)cc(Br)cc1F. The van der Waals surface area contributed by atoms with Gasteiger partial charge in [-0.2, -0.15) is 0 Å². The normalized spacial score (nSPS) is 21.1. The van der Waals surface area contributed by atoms with Gasteiger partial charge in [-0.3, -0.25) is 4.79 Å². The number of phenols is 1. The summed E-state index contributed by atoms with van der Waals surface area (Å²) in [5.41, 5.74) is -2.44. The Bertz CT molecular complexity index is 572.